The monoisotopic (exact) mass is 400 g/mol. The Labute approximate surface area is 167 Å². The summed E-state index contributed by atoms with van der Waals surface area (Å²) in [4.78, 5) is 14.8. The zero-order valence-electron chi connectivity index (χ0n) is 16.1. The number of amides is 1. The number of nitrogens with one attached hydrogen (secondary N) is 1. The van der Waals surface area contributed by atoms with Crippen molar-refractivity contribution in [1.82, 2.24) is 10.2 Å². The molecule has 1 aliphatic rings. The second-order valence-corrected chi connectivity index (χ2v) is 9.50. The van der Waals surface area contributed by atoms with E-state index in [1.165, 1.54) is 5.56 Å². The third-order valence-corrected chi connectivity index (χ3v) is 6.98. The fourth-order valence-electron chi connectivity index (χ4n) is 3.51. The maximum atomic E-state index is 12.2. The van der Waals surface area contributed by atoms with Crippen LogP contribution in [0.3, 0.4) is 0 Å². The molecule has 0 aromatic heterocycles. The predicted octanol–water partition coefficient (Wildman–Crippen LogP) is 2.88. The fraction of sp³-hybridized carbons (Fsp3) is 0.409. The average Bonchev–Trinajstić information content (AvgIpc) is 2.73. The first-order valence-corrected chi connectivity index (χ1v) is 11.5. The Morgan fingerprint density at radius 3 is 2.21 bits per heavy atom. The molecule has 28 heavy (non-hydrogen) atoms. The summed E-state index contributed by atoms with van der Waals surface area (Å²) in [5, 5.41) is 2.92. The van der Waals surface area contributed by atoms with Crippen molar-refractivity contribution in [2.75, 3.05) is 25.4 Å². The van der Waals surface area contributed by atoms with E-state index in [0.29, 0.717) is 12.5 Å². The van der Waals surface area contributed by atoms with Crippen molar-refractivity contribution >= 4 is 15.7 Å². The van der Waals surface area contributed by atoms with E-state index in [2.05, 4.69) is 34.5 Å². The highest BCUT2D eigenvalue weighted by Gasteiger charge is 2.20. The van der Waals surface area contributed by atoms with Gasteiger partial charge in [-0.05, 0) is 49.5 Å². The molecule has 1 fully saturated rings. The highest BCUT2D eigenvalue weighted by Crippen LogP contribution is 2.18. The van der Waals surface area contributed by atoms with E-state index in [4.69, 9.17) is 0 Å². The first kappa shape index (κ1) is 20.6. The van der Waals surface area contributed by atoms with E-state index < -0.39 is 9.84 Å². The molecular weight excluding hydrogens is 372 g/mol. The van der Waals surface area contributed by atoms with Gasteiger partial charge in [-0.15, -0.1) is 0 Å². The lowest BCUT2D eigenvalue weighted by Gasteiger charge is -2.32. The summed E-state index contributed by atoms with van der Waals surface area (Å²) >= 11 is 0. The molecule has 1 heterocycles. The molecule has 3 rings (SSSR count). The number of rotatable bonds is 8. The van der Waals surface area contributed by atoms with Crippen LogP contribution in [0.15, 0.2) is 65.6 Å². The van der Waals surface area contributed by atoms with Crippen molar-refractivity contribution in [2.45, 2.75) is 30.7 Å². The van der Waals surface area contributed by atoms with Gasteiger partial charge in [0.15, 0.2) is 9.84 Å². The molecule has 0 aliphatic carbocycles. The lowest BCUT2D eigenvalue weighted by Crippen LogP contribution is -2.38. The lowest BCUT2D eigenvalue weighted by molar-refractivity contribution is -0.120. The number of benzene rings is 2. The van der Waals surface area contributed by atoms with Gasteiger partial charge in [-0.2, -0.15) is 0 Å². The van der Waals surface area contributed by atoms with Gasteiger partial charge in [0.2, 0.25) is 5.91 Å². The molecule has 0 spiro atoms. The van der Waals surface area contributed by atoms with Gasteiger partial charge < -0.3 is 5.32 Å². The summed E-state index contributed by atoms with van der Waals surface area (Å²) < 4.78 is 24.5. The zero-order chi connectivity index (χ0) is 19.8. The van der Waals surface area contributed by atoms with Crippen LogP contribution in [-0.4, -0.2) is 44.6 Å². The Bertz CT molecular complexity index is 846. The first-order valence-electron chi connectivity index (χ1n) is 9.84. The number of carbonyl (C=O) groups is 1. The van der Waals surface area contributed by atoms with Crippen LogP contribution in [0.5, 0.6) is 0 Å². The van der Waals surface area contributed by atoms with Gasteiger partial charge in [0, 0.05) is 19.5 Å². The van der Waals surface area contributed by atoms with Crippen molar-refractivity contribution in [2.24, 2.45) is 5.92 Å². The summed E-state index contributed by atoms with van der Waals surface area (Å²) in [5.74, 6) is 0.117. The smallest absolute Gasteiger partial charge is 0.221 e. The summed E-state index contributed by atoms with van der Waals surface area (Å²) in [6.07, 6.45) is 2.11. The third kappa shape index (κ3) is 6.17. The minimum atomic E-state index is -3.40. The maximum Gasteiger partial charge on any atom is 0.221 e. The van der Waals surface area contributed by atoms with Crippen molar-refractivity contribution < 1.29 is 13.2 Å². The van der Waals surface area contributed by atoms with Gasteiger partial charge in [-0.3, -0.25) is 9.69 Å². The fourth-order valence-corrected chi connectivity index (χ4v) is 4.77. The highest BCUT2D eigenvalue weighted by molar-refractivity contribution is 7.91. The SMILES string of the molecule is O=C(CCS(=O)(=O)c1ccccc1)NCC1CCN(Cc2ccccc2)CC1. The number of sulfone groups is 1. The normalized spacial score (nSPS) is 16.0. The highest BCUT2D eigenvalue weighted by atomic mass is 32.2. The Morgan fingerprint density at radius 2 is 1.57 bits per heavy atom. The van der Waals surface area contributed by atoms with Crippen molar-refractivity contribution in [3.63, 3.8) is 0 Å². The maximum absolute atomic E-state index is 12.2. The number of hydrogen-bond acceptors (Lipinski definition) is 4. The van der Waals surface area contributed by atoms with Crippen LogP contribution < -0.4 is 5.32 Å². The number of nitrogens with zero attached hydrogens (tertiary/aromatic N) is 1. The Hall–Kier alpha value is -2.18. The van der Waals surface area contributed by atoms with Gasteiger partial charge in [0.25, 0.3) is 0 Å². The molecule has 2 aromatic carbocycles. The molecule has 0 atom stereocenters. The largest absolute Gasteiger partial charge is 0.356 e. The van der Waals surface area contributed by atoms with E-state index >= 15 is 0 Å². The lowest BCUT2D eigenvalue weighted by atomic mass is 9.96. The Morgan fingerprint density at radius 1 is 0.964 bits per heavy atom. The average molecular weight is 401 g/mol. The van der Waals surface area contributed by atoms with Gasteiger partial charge in [0.05, 0.1) is 10.6 Å². The summed E-state index contributed by atoms with van der Waals surface area (Å²) in [6.45, 7) is 3.65. The van der Waals surface area contributed by atoms with Gasteiger partial charge >= 0.3 is 0 Å². The van der Waals surface area contributed by atoms with Crippen LogP contribution in [0.2, 0.25) is 0 Å². The Balaban J connectivity index is 1.35. The molecule has 1 saturated heterocycles. The molecule has 150 valence electrons. The topological polar surface area (TPSA) is 66.5 Å². The van der Waals surface area contributed by atoms with E-state index in [1.54, 1.807) is 30.3 Å². The van der Waals surface area contributed by atoms with E-state index in [-0.39, 0.29) is 23.0 Å². The number of likely N-dealkylation sites (tertiary alicyclic amines) is 1. The second kappa shape index (κ2) is 9.85. The Kier molecular flexibility index (Phi) is 7.23. The second-order valence-electron chi connectivity index (χ2n) is 7.39. The summed E-state index contributed by atoms with van der Waals surface area (Å²) in [5.41, 5.74) is 1.33. The number of carbonyl (C=O) groups excluding carboxylic acids is 1. The molecule has 0 bridgehead atoms. The molecule has 6 heteroatoms. The molecule has 1 amide bonds. The summed E-state index contributed by atoms with van der Waals surface area (Å²) in [6, 6.07) is 18.7. The molecular formula is C22H28N2O3S. The van der Waals surface area contributed by atoms with E-state index in [0.717, 1.165) is 32.5 Å². The van der Waals surface area contributed by atoms with Crippen LogP contribution in [-0.2, 0) is 21.2 Å². The van der Waals surface area contributed by atoms with Crippen LogP contribution in [0.4, 0.5) is 0 Å². The summed E-state index contributed by atoms with van der Waals surface area (Å²) in [7, 11) is -3.40. The quantitative estimate of drug-likeness (QED) is 0.740. The van der Waals surface area contributed by atoms with Crippen molar-refractivity contribution in [3.8, 4) is 0 Å². The standard InChI is InChI=1S/C22H28N2O3S/c25-22(13-16-28(26,27)21-9-5-2-6-10-21)23-17-19-11-14-24(15-12-19)18-20-7-3-1-4-8-20/h1-10,19H,11-18H2,(H,23,25). The predicted molar refractivity (Wildman–Crippen MR) is 111 cm³/mol. The van der Waals surface area contributed by atoms with Gasteiger partial charge in [0.1, 0.15) is 0 Å². The van der Waals surface area contributed by atoms with E-state index in [9.17, 15) is 13.2 Å². The van der Waals surface area contributed by atoms with Crippen molar-refractivity contribution in [1.29, 1.82) is 0 Å². The number of piperidine rings is 1. The third-order valence-electron chi connectivity index (χ3n) is 5.24. The minimum absolute atomic E-state index is 0.00405. The first-order chi connectivity index (χ1) is 13.5. The van der Waals surface area contributed by atoms with Crippen LogP contribution >= 0.6 is 0 Å². The molecule has 0 radical (unpaired) electrons. The zero-order valence-corrected chi connectivity index (χ0v) is 16.9. The van der Waals surface area contributed by atoms with Crippen molar-refractivity contribution in [3.05, 3.63) is 66.2 Å². The van der Waals surface area contributed by atoms with Crippen LogP contribution in [0.25, 0.3) is 0 Å². The molecule has 1 aliphatic heterocycles. The van der Waals surface area contributed by atoms with Gasteiger partial charge in [-0.25, -0.2) is 8.42 Å². The van der Waals surface area contributed by atoms with Crippen LogP contribution in [0, 0.1) is 5.92 Å². The molecule has 0 saturated carbocycles. The van der Waals surface area contributed by atoms with E-state index in [1.807, 2.05) is 6.07 Å². The molecule has 2 aromatic rings. The number of hydrogen-bond donors (Lipinski definition) is 1. The molecule has 1 N–H and O–H groups in total. The molecule has 0 unspecified atom stereocenters. The minimum Gasteiger partial charge on any atom is -0.356 e. The van der Waals surface area contributed by atoms with Gasteiger partial charge in [-0.1, -0.05) is 48.5 Å². The molecule has 5 nitrogen and oxygen atoms in total. The van der Waals surface area contributed by atoms with Crippen LogP contribution in [0.1, 0.15) is 24.8 Å².